The van der Waals surface area contributed by atoms with Gasteiger partial charge in [-0.2, -0.15) is 11.8 Å². The molecule has 0 amide bonds. The van der Waals surface area contributed by atoms with Crippen LogP contribution in [0, 0.1) is 5.82 Å². The van der Waals surface area contributed by atoms with Gasteiger partial charge in [-0.25, -0.2) is 4.39 Å². The second-order valence-electron chi connectivity index (χ2n) is 5.07. The molecule has 3 N–H and O–H groups in total. The molecule has 4 heteroatoms. The average Bonchev–Trinajstić information content (AvgIpc) is 2.36. The first kappa shape index (κ1) is 13.5. The molecular formula is C14H21FN2S. The Hall–Kier alpha value is -0.900. The molecule has 0 spiro atoms. The Morgan fingerprint density at radius 3 is 2.61 bits per heavy atom. The standard InChI is InChI=1S/C14H21FN2S/c1-18-14(5-3-2-4-6-14)10-17-13-8-11(15)7-12(16)9-13/h7-9,17H,2-6,10,16H2,1H3. The molecule has 0 unspecified atom stereocenters. The number of thioether (sulfide) groups is 1. The molecule has 1 saturated carbocycles. The number of hydrogen-bond acceptors (Lipinski definition) is 3. The smallest absolute Gasteiger partial charge is 0.127 e. The van der Waals surface area contributed by atoms with Crippen LogP contribution in [0.1, 0.15) is 32.1 Å². The number of anilines is 2. The number of nitrogens with one attached hydrogen (secondary N) is 1. The predicted molar refractivity (Wildman–Crippen MR) is 78.6 cm³/mol. The highest BCUT2D eigenvalue weighted by Gasteiger charge is 2.30. The average molecular weight is 268 g/mol. The van der Waals surface area contributed by atoms with E-state index >= 15 is 0 Å². The van der Waals surface area contributed by atoms with Crippen LogP contribution in [0.3, 0.4) is 0 Å². The molecule has 0 radical (unpaired) electrons. The van der Waals surface area contributed by atoms with Crippen LogP contribution in [0.2, 0.25) is 0 Å². The van der Waals surface area contributed by atoms with Gasteiger partial charge in [0, 0.05) is 22.7 Å². The molecule has 0 atom stereocenters. The van der Waals surface area contributed by atoms with Gasteiger partial charge in [-0.05, 0) is 37.3 Å². The number of halogens is 1. The van der Waals surface area contributed by atoms with E-state index < -0.39 is 0 Å². The van der Waals surface area contributed by atoms with Crippen LogP contribution < -0.4 is 11.1 Å². The number of benzene rings is 1. The van der Waals surface area contributed by atoms with Gasteiger partial charge in [-0.15, -0.1) is 0 Å². The second-order valence-corrected chi connectivity index (χ2v) is 6.35. The maximum absolute atomic E-state index is 13.2. The third-order valence-corrected chi connectivity index (χ3v) is 5.15. The van der Waals surface area contributed by atoms with Crippen molar-refractivity contribution in [2.24, 2.45) is 0 Å². The first-order chi connectivity index (χ1) is 8.63. The minimum atomic E-state index is -0.278. The molecule has 1 fully saturated rings. The Morgan fingerprint density at radius 2 is 2.00 bits per heavy atom. The Morgan fingerprint density at radius 1 is 1.28 bits per heavy atom. The quantitative estimate of drug-likeness (QED) is 0.814. The fourth-order valence-corrected chi connectivity index (χ4v) is 3.54. The third kappa shape index (κ3) is 3.31. The maximum Gasteiger partial charge on any atom is 0.127 e. The monoisotopic (exact) mass is 268 g/mol. The highest BCUT2D eigenvalue weighted by atomic mass is 32.2. The van der Waals surface area contributed by atoms with Crippen LogP contribution in [-0.4, -0.2) is 17.5 Å². The fraction of sp³-hybridized carbons (Fsp3) is 0.571. The summed E-state index contributed by atoms with van der Waals surface area (Å²) in [5, 5.41) is 3.35. The van der Waals surface area contributed by atoms with Crippen LogP contribution in [0.25, 0.3) is 0 Å². The summed E-state index contributed by atoms with van der Waals surface area (Å²) < 4.78 is 13.6. The molecule has 0 saturated heterocycles. The summed E-state index contributed by atoms with van der Waals surface area (Å²) in [7, 11) is 0. The number of rotatable bonds is 4. The lowest BCUT2D eigenvalue weighted by Crippen LogP contribution is -2.35. The van der Waals surface area contributed by atoms with Crippen LogP contribution in [0.5, 0.6) is 0 Å². The number of nitrogen functional groups attached to an aromatic ring is 1. The molecule has 0 bridgehead atoms. The summed E-state index contributed by atoms with van der Waals surface area (Å²) in [4.78, 5) is 0. The van der Waals surface area contributed by atoms with E-state index in [9.17, 15) is 4.39 Å². The van der Waals surface area contributed by atoms with Crippen LogP contribution in [0.4, 0.5) is 15.8 Å². The fourth-order valence-electron chi connectivity index (χ4n) is 2.63. The molecule has 18 heavy (non-hydrogen) atoms. The van der Waals surface area contributed by atoms with Crippen LogP contribution in [-0.2, 0) is 0 Å². The van der Waals surface area contributed by atoms with E-state index in [0.717, 1.165) is 12.2 Å². The van der Waals surface area contributed by atoms with Crippen molar-refractivity contribution in [1.82, 2.24) is 0 Å². The van der Waals surface area contributed by atoms with Crippen molar-refractivity contribution in [2.45, 2.75) is 36.9 Å². The molecule has 2 nitrogen and oxygen atoms in total. The first-order valence-electron chi connectivity index (χ1n) is 6.49. The second kappa shape index (κ2) is 5.83. The van der Waals surface area contributed by atoms with Crippen molar-refractivity contribution < 1.29 is 4.39 Å². The van der Waals surface area contributed by atoms with E-state index in [1.807, 2.05) is 11.8 Å². The summed E-state index contributed by atoms with van der Waals surface area (Å²) >= 11 is 1.93. The van der Waals surface area contributed by atoms with Gasteiger partial charge in [0.1, 0.15) is 5.82 Å². The summed E-state index contributed by atoms with van der Waals surface area (Å²) in [6, 6.07) is 4.64. The Labute approximate surface area is 113 Å². The molecule has 100 valence electrons. The van der Waals surface area contributed by atoms with E-state index in [4.69, 9.17) is 5.73 Å². The van der Waals surface area contributed by atoms with E-state index in [1.54, 1.807) is 6.07 Å². The maximum atomic E-state index is 13.2. The Balaban J connectivity index is 2.00. The normalized spacial score (nSPS) is 18.6. The lowest BCUT2D eigenvalue weighted by molar-refractivity contribution is 0.411. The highest BCUT2D eigenvalue weighted by molar-refractivity contribution is 8.00. The van der Waals surface area contributed by atoms with E-state index in [0.29, 0.717) is 10.4 Å². The summed E-state index contributed by atoms with van der Waals surface area (Å²) in [6.45, 7) is 0.886. The minimum absolute atomic E-state index is 0.278. The lowest BCUT2D eigenvalue weighted by Gasteiger charge is -2.36. The molecule has 0 aliphatic heterocycles. The van der Waals surface area contributed by atoms with Gasteiger partial charge in [-0.1, -0.05) is 19.3 Å². The SMILES string of the molecule is CSC1(CNc2cc(N)cc(F)c2)CCCCC1. The van der Waals surface area contributed by atoms with Crippen molar-refractivity contribution >= 4 is 23.1 Å². The zero-order chi connectivity index (χ0) is 13.0. The number of hydrogen-bond donors (Lipinski definition) is 2. The summed E-state index contributed by atoms with van der Waals surface area (Å²) in [5.41, 5.74) is 6.90. The van der Waals surface area contributed by atoms with Crippen molar-refractivity contribution in [3.8, 4) is 0 Å². The van der Waals surface area contributed by atoms with Gasteiger partial charge in [0.2, 0.25) is 0 Å². The van der Waals surface area contributed by atoms with E-state index in [-0.39, 0.29) is 5.82 Å². The Bertz CT molecular complexity index is 383. The summed E-state index contributed by atoms with van der Waals surface area (Å²) in [5.74, 6) is -0.278. The van der Waals surface area contributed by atoms with Gasteiger partial charge < -0.3 is 11.1 Å². The Kier molecular flexibility index (Phi) is 4.38. The van der Waals surface area contributed by atoms with Crippen molar-refractivity contribution in [3.63, 3.8) is 0 Å². The molecule has 1 aliphatic carbocycles. The zero-order valence-corrected chi connectivity index (χ0v) is 11.7. The van der Waals surface area contributed by atoms with Crippen molar-refractivity contribution in [3.05, 3.63) is 24.0 Å². The molecule has 1 aliphatic rings. The summed E-state index contributed by atoms with van der Waals surface area (Å²) in [6.07, 6.45) is 8.60. The molecule has 1 aromatic rings. The molecule has 2 rings (SSSR count). The minimum Gasteiger partial charge on any atom is -0.399 e. The molecule has 0 aromatic heterocycles. The topological polar surface area (TPSA) is 38.0 Å². The first-order valence-corrected chi connectivity index (χ1v) is 7.71. The van der Waals surface area contributed by atoms with E-state index in [2.05, 4.69) is 11.6 Å². The van der Waals surface area contributed by atoms with E-state index in [1.165, 1.54) is 44.2 Å². The predicted octanol–water partition coefficient (Wildman–Crippen LogP) is 3.89. The molecule has 0 heterocycles. The number of nitrogens with two attached hydrogens (primary N) is 1. The largest absolute Gasteiger partial charge is 0.399 e. The van der Waals surface area contributed by atoms with Crippen molar-refractivity contribution in [2.75, 3.05) is 23.9 Å². The molecular weight excluding hydrogens is 247 g/mol. The highest BCUT2D eigenvalue weighted by Crippen LogP contribution is 2.38. The van der Waals surface area contributed by atoms with Gasteiger partial charge in [0.15, 0.2) is 0 Å². The van der Waals surface area contributed by atoms with Crippen LogP contribution in [0.15, 0.2) is 18.2 Å². The zero-order valence-electron chi connectivity index (χ0n) is 10.8. The third-order valence-electron chi connectivity index (χ3n) is 3.73. The van der Waals surface area contributed by atoms with Gasteiger partial charge in [0.05, 0.1) is 0 Å². The van der Waals surface area contributed by atoms with Gasteiger partial charge in [0.25, 0.3) is 0 Å². The van der Waals surface area contributed by atoms with Crippen LogP contribution >= 0.6 is 11.8 Å². The molecule has 1 aromatic carbocycles. The van der Waals surface area contributed by atoms with Gasteiger partial charge in [-0.3, -0.25) is 0 Å². The van der Waals surface area contributed by atoms with Gasteiger partial charge >= 0.3 is 0 Å². The van der Waals surface area contributed by atoms with Crippen molar-refractivity contribution in [1.29, 1.82) is 0 Å². The lowest BCUT2D eigenvalue weighted by atomic mass is 9.88.